The van der Waals surface area contributed by atoms with E-state index in [0.717, 1.165) is 22.2 Å². The van der Waals surface area contributed by atoms with Crippen molar-refractivity contribution in [1.82, 2.24) is 10.4 Å². The number of amides is 1. The number of H-pyrrole nitrogens is 1. The van der Waals surface area contributed by atoms with Gasteiger partial charge in [0.1, 0.15) is 18.1 Å². The third kappa shape index (κ3) is 3.04. The lowest BCUT2D eigenvalue weighted by molar-refractivity contribution is -0.116. The third-order valence-corrected chi connectivity index (χ3v) is 4.17. The molecule has 0 bridgehead atoms. The molecule has 25 heavy (non-hydrogen) atoms. The predicted octanol–water partition coefficient (Wildman–Crippen LogP) is 3.42. The summed E-state index contributed by atoms with van der Waals surface area (Å²) in [6.07, 6.45) is 3.74. The highest BCUT2D eigenvalue weighted by atomic mass is 16.5. The molecule has 4 rings (SSSR count). The van der Waals surface area contributed by atoms with Crippen LogP contribution < -0.4 is 10.2 Å². The van der Waals surface area contributed by atoms with E-state index in [4.69, 9.17) is 4.74 Å². The first-order valence-corrected chi connectivity index (χ1v) is 8.05. The van der Waals surface area contributed by atoms with E-state index in [9.17, 15) is 4.79 Å². The van der Waals surface area contributed by atoms with E-state index in [1.54, 1.807) is 0 Å². The molecule has 2 heterocycles. The minimum absolute atomic E-state index is 0.215. The number of hydrazone groups is 1. The molecule has 0 spiro atoms. The Morgan fingerprint density at radius 3 is 2.76 bits per heavy atom. The van der Waals surface area contributed by atoms with Crippen molar-refractivity contribution >= 4 is 28.6 Å². The molecular formula is C20H17N3O2. The number of fused-ring (bicyclic) bond motifs is 1. The van der Waals surface area contributed by atoms with Crippen LogP contribution in [0.15, 0.2) is 65.4 Å². The van der Waals surface area contributed by atoms with E-state index in [1.165, 1.54) is 5.56 Å². The Kier molecular flexibility index (Phi) is 3.82. The Hall–Kier alpha value is -3.34. The first-order chi connectivity index (χ1) is 12.2. The second-order valence-electron chi connectivity index (χ2n) is 5.95. The van der Waals surface area contributed by atoms with Crippen molar-refractivity contribution in [3.8, 4) is 5.75 Å². The number of hydrogen-bond acceptors (Lipinski definition) is 3. The van der Waals surface area contributed by atoms with Gasteiger partial charge in [0.2, 0.25) is 0 Å². The minimum atomic E-state index is -0.215. The van der Waals surface area contributed by atoms with Crippen LogP contribution >= 0.6 is 0 Å². The van der Waals surface area contributed by atoms with Gasteiger partial charge in [-0.1, -0.05) is 35.9 Å². The fraction of sp³-hybridized carbons (Fsp3) is 0.100. The number of aromatic nitrogens is 1. The molecule has 1 aliphatic rings. The number of nitrogens with zero attached hydrogens (tertiary/aromatic N) is 1. The molecule has 1 aromatic heterocycles. The molecule has 0 aliphatic carbocycles. The van der Waals surface area contributed by atoms with Crippen LogP contribution in [0.3, 0.4) is 0 Å². The number of ether oxygens (including phenoxy) is 1. The van der Waals surface area contributed by atoms with Crippen LogP contribution in [0.25, 0.3) is 17.0 Å². The highest BCUT2D eigenvalue weighted by Crippen LogP contribution is 2.22. The highest BCUT2D eigenvalue weighted by Gasteiger charge is 2.23. The van der Waals surface area contributed by atoms with Crippen molar-refractivity contribution < 1.29 is 9.53 Å². The SMILES string of the molecule is Cc1ccc(OCC2=NNC(=O)C2=Cc2c[nH]c3ccccc23)cc1. The average molecular weight is 331 g/mol. The van der Waals surface area contributed by atoms with Gasteiger partial charge < -0.3 is 9.72 Å². The van der Waals surface area contributed by atoms with E-state index in [2.05, 4.69) is 15.5 Å². The Labute approximate surface area is 145 Å². The largest absolute Gasteiger partial charge is 0.487 e. The van der Waals surface area contributed by atoms with Crippen molar-refractivity contribution in [3.63, 3.8) is 0 Å². The molecule has 1 amide bonds. The van der Waals surface area contributed by atoms with E-state index < -0.39 is 0 Å². The average Bonchev–Trinajstić information content (AvgIpc) is 3.20. The molecular weight excluding hydrogens is 314 g/mol. The van der Waals surface area contributed by atoms with Crippen molar-refractivity contribution in [2.24, 2.45) is 5.10 Å². The second kappa shape index (κ2) is 6.28. The highest BCUT2D eigenvalue weighted by molar-refractivity contribution is 6.28. The maximum absolute atomic E-state index is 12.1. The van der Waals surface area contributed by atoms with Crippen LogP contribution in [0.4, 0.5) is 0 Å². The van der Waals surface area contributed by atoms with E-state index in [-0.39, 0.29) is 12.5 Å². The number of carbonyl (C=O) groups is 1. The first-order valence-electron chi connectivity index (χ1n) is 8.05. The van der Waals surface area contributed by atoms with Gasteiger partial charge in [0.05, 0.1) is 5.57 Å². The zero-order valence-corrected chi connectivity index (χ0v) is 13.7. The summed E-state index contributed by atoms with van der Waals surface area (Å²) >= 11 is 0. The first kappa shape index (κ1) is 15.2. The zero-order valence-electron chi connectivity index (χ0n) is 13.7. The van der Waals surface area contributed by atoms with Crippen molar-refractivity contribution in [2.75, 3.05) is 6.61 Å². The lowest BCUT2D eigenvalue weighted by Crippen LogP contribution is -2.16. The van der Waals surface area contributed by atoms with E-state index >= 15 is 0 Å². The molecule has 2 N–H and O–H groups in total. The van der Waals surface area contributed by atoms with Gasteiger partial charge in [-0.05, 0) is 31.2 Å². The standard InChI is InChI=1S/C20H17N3O2/c1-13-6-8-15(9-7-13)25-12-19-17(20(24)23-22-19)10-14-11-21-18-5-3-2-4-16(14)18/h2-11,21H,12H2,1H3,(H,23,24). The zero-order chi connectivity index (χ0) is 17.2. The maximum atomic E-state index is 12.1. The van der Waals surface area contributed by atoms with Crippen LogP contribution in [0.5, 0.6) is 5.75 Å². The summed E-state index contributed by atoms with van der Waals surface area (Å²) in [7, 11) is 0. The van der Waals surface area contributed by atoms with E-state index in [0.29, 0.717) is 11.3 Å². The van der Waals surface area contributed by atoms with Crippen molar-refractivity contribution in [3.05, 3.63) is 71.4 Å². The third-order valence-electron chi connectivity index (χ3n) is 4.17. The molecule has 5 nitrogen and oxygen atoms in total. The topological polar surface area (TPSA) is 66.5 Å². The fourth-order valence-electron chi connectivity index (χ4n) is 2.78. The van der Waals surface area contributed by atoms with Crippen LogP contribution in [0.1, 0.15) is 11.1 Å². The summed E-state index contributed by atoms with van der Waals surface area (Å²) in [6, 6.07) is 15.7. The van der Waals surface area contributed by atoms with Gasteiger partial charge in [0.15, 0.2) is 0 Å². The summed E-state index contributed by atoms with van der Waals surface area (Å²) in [6.45, 7) is 2.26. The van der Waals surface area contributed by atoms with Gasteiger partial charge in [-0.3, -0.25) is 4.79 Å². The van der Waals surface area contributed by atoms with Gasteiger partial charge in [-0.2, -0.15) is 5.10 Å². The number of para-hydroxylation sites is 1. The van der Waals surface area contributed by atoms with E-state index in [1.807, 2.05) is 67.7 Å². The van der Waals surface area contributed by atoms with Gasteiger partial charge in [-0.25, -0.2) is 5.43 Å². The number of rotatable bonds is 4. The Bertz CT molecular complexity index is 997. The molecule has 3 aromatic rings. The summed E-state index contributed by atoms with van der Waals surface area (Å²) in [5, 5.41) is 5.17. The quantitative estimate of drug-likeness (QED) is 0.719. The van der Waals surface area contributed by atoms with Gasteiger partial charge >= 0.3 is 0 Å². The molecule has 2 aromatic carbocycles. The molecule has 0 atom stereocenters. The number of carbonyl (C=O) groups excluding carboxylic acids is 1. The van der Waals surface area contributed by atoms with Crippen LogP contribution in [-0.2, 0) is 4.79 Å². The van der Waals surface area contributed by atoms with Gasteiger partial charge in [0, 0.05) is 22.7 Å². The van der Waals surface area contributed by atoms with Crippen LogP contribution in [0.2, 0.25) is 0 Å². The predicted molar refractivity (Wildman–Crippen MR) is 98.5 cm³/mol. The number of hydrogen-bond donors (Lipinski definition) is 2. The number of aryl methyl sites for hydroxylation is 1. The Morgan fingerprint density at radius 2 is 1.92 bits per heavy atom. The van der Waals surface area contributed by atoms with Crippen molar-refractivity contribution in [2.45, 2.75) is 6.92 Å². The molecule has 0 saturated heterocycles. The van der Waals surface area contributed by atoms with Crippen LogP contribution in [-0.4, -0.2) is 23.2 Å². The monoisotopic (exact) mass is 331 g/mol. The number of benzene rings is 2. The molecule has 0 radical (unpaired) electrons. The Morgan fingerprint density at radius 1 is 1.12 bits per heavy atom. The number of nitrogens with one attached hydrogen (secondary N) is 2. The van der Waals surface area contributed by atoms with Gasteiger partial charge in [-0.15, -0.1) is 0 Å². The lowest BCUT2D eigenvalue weighted by atomic mass is 10.1. The summed E-state index contributed by atoms with van der Waals surface area (Å²) in [5.74, 6) is 0.534. The maximum Gasteiger partial charge on any atom is 0.273 e. The van der Waals surface area contributed by atoms with Gasteiger partial charge in [0.25, 0.3) is 5.91 Å². The molecule has 0 saturated carbocycles. The normalized spacial score (nSPS) is 15.5. The second-order valence-corrected chi connectivity index (χ2v) is 5.95. The smallest absolute Gasteiger partial charge is 0.273 e. The summed E-state index contributed by atoms with van der Waals surface area (Å²) in [5.41, 5.74) is 6.78. The van der Waals surface area contributed by atoms with Crippen LogP contribution in [0, 0.1) is 6.92 Å². The molecule has 0 fully saturated rings. The lowest BCUT2D eigenvalue weighted by Gasteiger charge is -2.06. The summed E-state index contributed by atoms with van der Waals surface area (Å²) < 4.78 is 5.76. The molecule has 1 aliphatic heterocycles. The number of aromatic amines is 1. The fourth-order valence-corrected chi connectivity index (χ4v) is 2.78. The molecule has 124 valence electrons. The Balaban J connectivity index is 1.58. The van der Waals surface area contributed by atoms with Crippen molar-refractivity contribution in [1.29, 1.82) is 0 Å². The molecule has 0 unspecified atom stereocenters. The summed E-state index contributed by atoms with van der Waals surface area (Å²) in [4.78, 5) is 15.4. The molecule has 5 heteroatoms. The minimum Gasteiger partial charge on any atom is -0.487 e.